The van der Waals surface area contributed by atoms with E-state index in [1.165, 1.54) is 12.8 Å². The first-order chi connectivity index (χ1) is 5.61. The highest BCUT2D eigenvalue weighted by Crippen LogP contribution is 2.48. The Hall–Kier alpha value is -0.590. The molecule has 0 aromatic rings. The SMILES string of the molecule is CC(=O)[C@H]1C[C@@]2(C)C=C[C@@H]1CC2. The van der Waals surface area contributed by atoms with E-state index in [1.807, 2.05) is 0 Å². The third-order valence-electron chi connectivity index (χ3n) is 3.52. The summed E-state index contributed by atoms with van der Waals surface area (Å²) in [6.45, 7) is 4.01. The molecule has 1 heteroatoms. The van der Waals surface area contributed by atoms with Gasteiger partial charge in [-0.2, -0.15) is 0 Å². The summed E-state index contributed by atoms with van der Waals surface area (Å²) in [4.78, 5) is 11.3. The van der Waals surface area contributed by atoms with Crippen molar-refractivity contribution in [1.29, 1.82) is 0 Å². The zero-order valence-electron chi connectivity index (χ0n) is 7.84. The van der Waals surface area contributed by atoms with Crippen LogP contribution < -0.4 is 0 Å². The molecule has 0 N–H and O–H groups in total. The van der Waals surface area contributed by atoms with Crippen molar-refractivity contribution in [3.8, 4) is 0 Å². The number of fused-ring (bicyclic) bond motifs is 2. The van der Waals surface area contributed by atoms with Gasteiger partial charge in [-0.25, -0.2) is 0 Å². The van der Waals surface area contributed by atoms with Crippen molar-refractivity contribution in [1.82, 2.24) is 0 Å². The quantitative estimate of drug-likeness (QED) is 0.544. The Bertz CT molecular complexity index is 241. The van der Waals surface area contributed by atoms with Crippen molar-refractivity contribution in [3.63, 3.8) is 0 Å². The van der Waals surface area contributed by atoms with Gasteiger partial charge in [0.25, 0.3) is 0 Å². The summed E-state index contributed by atoms with van der Waals surface area (Å²) in [7, 11) is 0. The molecule has 66 valence electrons. The van der Waals surface area contributed by atoms with Crippen molar-refractivity contribution in [2.75, 3.05) is 0 Å². The van der Waals surface area contributed by atoms with Gasteiger partial charge in [0.1, 0.15) is 5.78 Å². The van der Waals surface area contributed by atoms with Gasteiger partial charge < -0.3 is 0 Å². The maximum Gasteiger partial charge on any atom is 0.133 e. The van der Waals surface area contributed by atoms with Crippen molar-refractivity contribution < 1.29 is 4.79 Å². The van der Waals surface area contributed by atoms with Crippen LogP contribution in [0.5, 0.6) is 0 Å². The fourth-order valence-corrected chi connectivity index (χ4v) is 2.64. The van der Waals surface area contributed by atoms with Crippen LogP contribution in [-0.4, -0.2) is 5.78 Å². The zero-order valence-corrected chi connectivity index (χ0v) is 7.84. The normalized spacial score (nSPS) is 44.8. The number of carbonyl (C=O) groups is 1. The number of ketones is 1. The number of hydrogen-bond donors (Lipinski definition) is 0. The molecule has 0 spiro atoms. The third kappa shape index (κ3) is 1.12. The highest BCUT2D eigenvalue weighted by atomic mass is 16.1. The van der Waals surface area contributed by atoms with Crippen molar-refractivity contribution >= 4 is 5.78 Å². The maximum atomic E-state index is 11.3. The number of Topliss-reactive ketones (excluding diaryl/α,β-unsaturated/α-hetero) is 1. The van der Waals surface area contributed by atoms with E-state index in [4.69, 9.17) is 0 Å². The standard InChI is InChI=1S/C11H16O/c1-8(12)10-7-11(2)5-3-9(10)4-6-11/h3,5,9-10H,4,6-7H2,1-2H3/t9-,10-,11+/m1/s1. The maximum absolute atomic E-state index is 11.3. The fraction of sp³-hybridized carbons (Fsp3) is 0.727. The number of allylic oxidation sites excluding steroid dienone is 2. The average molecular weight is 164 g/mol. The van der Waals surface area contributed by atoms with E-state index >= 15 is 0 Å². The molecule has 3 aliphatic carbocycles. The van der Waals surface area contributed by atoms with E-state index in [-0.39, 0.29) is 0 Å². The molecule has 0 aliphatic heterocycles. The number of rotatable bonds is 1. The highest BCUT2D eigenvalue weighted by molar-refractivity contribution is 5.79. The molecule has 0 saturated heterocycles. The lowest BCUT2D eigenvalue weighted by Gasteiger charge is -2.43. The molecule has 0 radical (unpaired) electrons. The van der Waals surface area contributed by atoms with Gasteiger partial charge in [0.05, 0.1) is 0 Å². The van der Waals surface area contributed by atoms with E-state index < -0.39 is 0 Å². The van der Waals surface area contributed by atoms with Crippen LogP contribution in [0.3, 0.4) is 0 Å². The molecule has 0 aromatic carbocycles. The van der Waals surface area contributed by atoms with Crippen LogP contribution >= 0.6 is 0 Å². The van der Waals surface area contributed by atoms with Crippen molar-refractivity contribution in [2.45, 2.75) is 33.1 Å². The molecule has 3 rings (SSSR count). The van der Waals surface area contributed by atoms with Crippen molar-refractivity contribution in [2.24, 2.45) is 17.3 Å². The Morgan fingerprint density at radius 3 is 2.67 bits per heavy atom. The molecule has 0 aromatic heterocycles. The summed E-state index contributed by atoms with van der Waals surface area (Å²) < 4.78 is 0. The molecule has 1 nitrogen and oxygen atoms in total. The van der Waals surface area contributed by atoms with E-state index in [1.54, 1.807) is 6.92 Å². The summed E-state index contributed by atoms with van der Waals surface area (Å²) >= 11 is 0. The van der Waals surface area contributed by atoms with Gasteiger partial charge in [-0.3, -0.25) is 4.79 Å². The van der Waals surface area contributed by atoms with Gasteiger partial charge in [0.2, 0.25) is 0 Å². The monoisotopic (exact) mass is 164 g/mol. The van der Waals surface area contributed by atoms with Gasteiger partial charge in [0, 0.05) is 5.92 Å². The van der Waals surface area contributed by atoms with Gasteiger partial charge >= 0.3 is 0 Å². The zero-order chi connectivity index (χ0) is 8.77. The second-order valence-electron chi connectivity index (χ2n) is 4.64. The summed E-state index contributed by atoms with van der Waals surface area (Å²) in [6.07, 6.45) is 8.17. The predicted molar refractivity (Wildman–Crippen MR) is 48.8 cm³/mol. The lowest BCUT2D eigenvalue weighted by Crippen LogP contribution is -2.37. The van der Waals surface area contributed by atoms with Crippen LogP contribution in [0.15, 0.2) is 12.2 Å². The van der Waals surface area contributed by atoms with Crippen LogP contribution in [0.1, 0.15) is 33.1 Å². The lowest BCUT2D eigenvalue weighted by molar-refractivity contribution is -0.124. The van der Waals surface area contributed by atoms with Gasteiger partial charge in [-0.05, 0) is 37.5 Å². The Balaban J connectivity index is 2.25. The van der Waals surface area contributed by atoms with E-state index in [9.17, 15) is 4.79 Å². The molecule has 0 unspecified atom stereocenters. The summed E-state index contributed by atoms with van der Waals surface area (Å²) in [5.41, 5.74) is 0.338. The molecule has 0 amide bonds. The largest absolute Gasteiger partial charge is 0.300 e. The Labute approximate surface area is 73.8 Å². The Kier molecular flexibility index (Phi) is 1.64. The smallest absolute Gasteiger partial charge is 0.133 e. The van der Waals surface area contributed by atoms with E-state index in [0.29, 0.717) is 23.0 Å². The van der Waals surface area contributed by atoms with Crippen LogP contribution in [0, 0.1) is 17.3 Å². The van der Waals surface area contributed by atoms with Gasteiger partial charge in [-0.1, -0.05) is 19.1 Å². The first-order valence-electron chi connectivity index (χ1n) is 4.81. The number of carbonyl (C=O) groups excluding carboxylic acids is 1. The molecule has 3 atom stereocenters. The minimum absolute atomic E-state index is 0.328. The second kappa shape index (κ2) is 2.45. The minimum Gasteiger partial charge on any atom is -0.300 e. The molecular formula is C11H16O. The molecule has 12 heavy (non-hydrogen) atoms. The summed E-state index contributed by atoms with van der Waals surface area (Å²) in [6, 6.07) is 0. The van der Waals surface area contributed by atoms with Crippen LogP contribution in [0.4, 0.5) is 0 Å². The van der Waals surface area contributed by atoms with Gasteiger partial charge in [0.15, 0.2) is 0 Å². The summed E-state index contributed by atoms with van der Waals surface area (Å²) in [5, 5.41) is 0. The number of hydrogen-bond acceptors (Lipinski definition) is 1. The van der Waals surface area contributed by atoms with Crippen LogP contribution in [-0.2, 0) is 4.79 Å². The molecule has 1 saturated carbocycles. The average Bonchev–Trinajstić information content (AvgIpc) is 2.04. The van der Waals surface area contributed by atoms with E-state index in [2.05, 4.69) is 19.1 Å². The molecule has 2 bridgehead atoms. The fourth-order valence-electron chi connectivity index (χ4n) is 2.64. The molecular weight excluding hydrogens is 148 g/mol. The third-order valence-corrected chi connectivity index (χ3v) is 3.52. The molecule has 0 heterocycles. The summed E-state index contributed by atoms with van der Waals surface area (Å²) in [5.74, 6) is 1.27. The van der Waals surface area contributed by atoms with E-state index in [0.717, 1.165) is 6.42 Å². The van der Waals surface area contributed by atoms with Gasteiger partial charge in [-0.15, -0.1) is 0 Å². The predicted octanol–water partition coefficient (Wildman–Crippen LogP) is 2.57. The molecule has 1 fully saturated rings. The molecule has 3 aliphatic rings. The van der Waals surface area contributed by atoms with Crippen LogP contribution in [0.2, 0.25) is 0 Å². The Morgan fingerprint density at radius 1 is 1.58 bits per heavy atom. The topological polar surface area (TPSA) is 17.1 Å². The lowest BCUT2D eigenvalue weighted by atomic mass is 9.60. The first-order valence-corrected chi connectivity index (χ1v) is 4.81. The van der Waals surface area contributed by atoms with Crippen LogP contribution in [0.25, 0.3) is 0 Å². The Morgan fingerprint density at radius 2 is 2.33 bits per heavy atom. The minimum atomic E-state index is 0.328. The van der Waals surface area contributed by atoms with Crippen molar-refractivity contribution in [3.05, 3.63) is 12.2 Å². The first kappa shape index (κ1) is 8.03. The highest BCUT2D eigenvalue weighted by Gasteiger charge is 2.40. The second-order valence-corrected chi connectivity index (χ2v) is 4.64.